The summed E-state index contributed by atoms with van der Waals surface area (Å²) in [6.07, 6.45) is 3.69. The van der Waals surface area contributed by atoms with Gasteiger partial charge < -0.3 is 19.2 Å². The summed E-state index contributed by atoms with van der Waals surface area (Å²) in [7, 11) is 0. The minimum atomic E-state index is -0.298. The molecule has 1 fully saturated rings. The molecule has 5 nitrogen and oxygen atoms in total. The lowest BCUT2D eigenvalue weighted by Crippen LogP contribution is -2.18. The Morgan fingerprint density at radius 3 is 2.95 bits per heavy atom. The van der Waals surface area contributed by atoms with Crippen LogP contribution in [0, 0.1) is 0 Å². The first kappa shape index (κ1) is 13.7. The molecule has 0 radical (unpaired) electrons. The van der Waals surface area contributed by atoms with E-state index in [9.17, 15) is 4.79 Å². The van der Waals surface area contributed by atoms with Crippen molar-refractivity contribution in [3.05, 3.63) is 48.4 Å². The standard InChI is InChI=1S/C16H17NO4/c18-16(15-8-4-10-20-15)17-13-6-1-2-7-14(13)21-11-12-5-3-9-19-12/h1-2,4,6-8,10,12H,3,5,9,11H2,(H,17,18)/t12-/m1/s1. The van der Waals surface area contributed by atoms with Gasteiger partial charge in [-0.2, -0.15) is 0 Å². The fourth-order valence-corrected chi connectivity index (χ4v) is 2.25. The maximum absolute atomic E-state index is 12.0. The monoisotopic (exact) mass is 287 g/mol. The predicted molar refractivity (Wildman–Crippen MR) is 77.6 cm³/mol. The van der Waals surface area contributed by atoms with Crippen LogP contribution in [0.3, 0.4) is 0 Å². The van der Waals surface area contributed by atoms with Crippen molar-refractivity contribution in [2.24, 2.45) is 0 Å². The summed E-state index contributed by atoms with van der Waals surface area (Å²) in [5.74, 6) is 0.602. The molecule has 21 heavy (non-hydrogen) atoms. The van der Waals surface area contributed by atoms with Crippen molar-refractivity contribution in [3.63, 3.8) is 0 Å². The van der Waals surface area contributed by atoms with Gasteiger partial charge in [0.15, 0.2) is 5.76 Å². The van der Waals surface area contributed by atoms with Gasteiger partial charge in [-0.3, -0.25) is 4.79 Å². The Hall–Kier alpha value is -2.27. The Kier molecular flexibility index (Phi) is 4.21. The lowest BCUT2D eigenvalue weighted by Gasteiger charge is -2.14. The van der Waals surface area contributed by atoms with Gasteiger partial charge in [0.25, 0.3) is 5.91 Å². The van der Waals surface area contributed by atoms with Crippen LogP contribution in [0.4, 0.5) is 5.69 Å². The number of amides is 1. The van der Waals surface area contributed by atoms with Crippen molar-refractivity contribution in [3.8, 4) is 5.75 Å². The SMILES string of the molecule is O=C(Nc1ccccc1OC[C@H]1CCCO1)c1ccco1. The van der Waals surface area contributed by atoms with E-state index in [1.165, 1.54) is 6.26 Å². The second kappa shape index (κ2) is 6.45. The molecule has 0 saturated carbocycles. The molecular weight excluding hydrogens is 270 g/mol. The number of benzene rings is 1. The lowest BCUT2D eigenvalue weighted by atomic mass is 10.2. The smallest absolute Gasteiger partial charge is 0.291 e. The van der Waals surface area contributed by atoms with Gasteiger partial charge in [0.2, 0.25) is 0 Å². The summed E-state index contributed by atoms with van der Waals surface area (Å²) in [6, 6.07) is 10.6. The number of carbonyl (C=O) groups is 1. The fourth-order valence-electron chi connectivity index (χ4n) is 2.25. The topological polar surface area (TPSA) is 60.7 Å². The van der Waals surface area contributed by atoms with Crippen LogP contribution in [0.1, 0.15) is 23.4 Å². The molecular formula is C16H17NO4. The maximum atomic E-state index is 12.0. The average Bonchev–Trinajstić information content (AvgIpc) is 3.20. The summed E-state index contributed by atoms with van der Waals surface area (Å²) in [5.41, 5.74) is 0.622. The van der Waals surface area contributed by atoms with Gasteiger partial charge in [-0.25, -0.2) is 0 Å². The lowest BCUT2D eigenvalue weighted by molar-refractivity contribution is 0.0681. The Balaban J connectivity index is 1.65. The van der Waals surface area contributed by atoms with Crippen molar-refractivity contribution in [1.82, 2.24) is 0 Å². The van der Waals surface area contributed by atoms with Crippen molar-refractivity contribution in [1.29, 1.82) is 0 Å². The molecule has 1 N–H and O–H groups in total. The minimum Gasteiger partial charge on any atom is -0.489 e. The Labute approximate surface area is 122 Å². The van der Waals surface area contributed by atoms with E-state index >= 15 is 0 Å². The second-order valence-electron chi connectivity index (χ2n) is 4.87. The van der Waals surface area contributed by atoms with Gasteiger partial charge >= 0.3 is 0 Å². The molecule has 1 aromatic carbocycles. The Morgan fingerprint density at radius 1 is 1.29 bits per heavy atom. The van der Waals surface area contributed by atoms with Crippen LogP contribution in [0.15, 0.2) is 47.1 Å². The zero-order valence-electron chi connectivity index (χ0n) is 11.6. The molecule has 0 aliphatic carbocycles. The van der Waals surface area contributed by atoms with Gasteiger partial charge in [0, 0.05) is 6.61 Å². The zero-order valence-corrected chi connectivity index (χ0v) is 11.6. The van der Waals surface area contributed by atoms with Crippen LogP contribution >= 0.6 is 0 Å². The van der Waals surface area contributed by atoms with Crippen LogP contribution in [-0.4, -0.2) is 25.2 Å². The molecule has 1 aliphatic rings. The van der Waals surface area contributed by atoms with E-state index in [1.807, 2.05) is 18.2 Å². The van der Waals surface area contributed by atoms with E-state index in [2.05, 4.69) is 5.32 Å². The number of carbonyl (C=O) groups excluding carboxylic acids is 1. The predicted octanol–water partition coefficient (Wildman–Crippen LogP) is 3.09. The third kappa shape index (κ3) is 3.44. The second-order valence-corrected chi connectivity index (χ2v) is 4.87. The van der Waals surface area contributed by atoms with Gasteiger partial charge in [-0.15, -0.1) is 0 Å². The molecule has 1 amide bonds. The number of hydrogen-bond donors (Lipinski definition) is 1. The summed E-state index contributed by atoms with van der Waals surface area (Å²) < 4.78 is 16.4. The molecule has 0 unspecified atom stereocenters. The number of ether oxygens (including phenoxy) is 2. The highest BCUT2D eigenvalue weighted by atomic mass is 16.5. The van der Waals surface area contributed by atoms with E-state index < -0.39 is 0 Å². The molecule has 0 spiro atoms. The third-order valence-corrected chi connectivity index (χ3v) is 3.33. The van der Waals surface area contributed by atoms with Crippen LogP contribution in [0.2, 0.25) is 0 Å². The number of nitrogens with one attached hydrogen (secondary N) is 1. The normalized spacial score (nSPS) is 17.6. The van der Waals surface area contributed by atoms with E-state index in [-0.39, 0.29) is 17.8 Å². The van der Waals surface area contributed by atoms with Crippen molar-refractivity contribution in [2.45, 2.75) is 18.9 Å². The quantitative estimate of drug-likeness (QED) is 0.918. The van der Waals surface area contributed by atoms with Gasteiger partial charge in [0.05, 0.1) is 18.1 Å². The van der Waals surface area contributed by atoms with E-state index in [4.69, 9.17) is 13.9 Å². The Morgan fingerprint density at radius 2 is 2.19 bits per heavy atom. The van der Waals surface area contributed by atoms with Crippen LogP contribution < -0.4 is 10.1 Å². The van der Waals surface area contributed by atoms with Crippen LogP contribution in [0.25, 0.3) is 0 Å². The summed E-state index contributed by atoms with van der Waals surface area (Å²) in [6.45, 7) is 1.29. The highest BCUT2D eigenvalue weighted by Crippen LogP contribution is 2.25. The maximum Gasteiger partial charge on any atom is 0.291 e. The number of rotatable bonds is 5. The molecule has 3 rings (SSSR count). The van der Waals surface area contributed by atoms with E-state index in [0.29, 0.717) is 18.0 Å². The van der Waals surface area contributed by atoms with Gasteiger partial charge in [0.1, 0.15) is 12.4 Å². The highest BCUT2D eigenvalue weighted by molar-refractivity contribution is 6.03. The molecule has 2 aromatic rings. The van der Waals surface area contributed by atoms with Crippen LogP contribution in [-0.2, 0) is 4.74 Å². The van der Waals surface area contributed by atoms with Crippen molar-refractivity contribution in [2.75, 3.05) is 18.5 Å². The molecule has 2 heterocycles. The van der Waals surface area contributed by atoms with Gasteiger partial charge in [-0.1, -0.05) is 12.1 Å². The fraction of sp³-hybridized carbons (Fsp3) is 0.312. The number of furan rings is 1. The number of para-hydroxylation sites is 2. The van der Waals surface area contributed by atoms with Crippen LogP contribution in [0.5, 0.6) is 5.75 Å². The van der Waals surface area contributed by atoms with E-state index in [1.54, 1.807) is 18.2 Å². The van der Waals surface area contributed by atoms with Crippen molar-refractivity contribution < 1.29 is 18.7 Å². The summed E-state index contributed by atoms with van der Waals surface area (Å²) in [4.78, 5) is 12.0. The first-order valence-corrected chi connectivity index (χ1v) is 7.01. The molecule has 110 valence electrons. The molecule has 0 bridgehead atoms. The first-order chi connectivity index (χ1) is 10.3. The largest absolute Gasteiger partial charge is 0.489 e. The van der Waals surface area contributed by atoms with E-state index in [0.717, 1.165) is 19.4 Å². The molecule has 1 atom stereocenters. The third-order valence-electron chi connectivity index (χ3n) is 3.33. The molecule has 1 aromatic heterocycles. The van der Waals surface area contributed by atoms with Crippen molar-refractivity contribution >= 4 is 11.6 Å². The zero-order chi connectivity index (χ0) is 14.5. The number of anilines is 1. The molecule has 1 saturated heterocycles. The molecule has 1 aliphatic heterocycles. The molecule has 5 heteroatoms. The number of hydrogen-bond acceptors (Lipinski definition) is 4. The first-order valence-electron chi connectivity index (χ1n) is 7.01. The average molecular weight is 287 g/mol. The Bertz CT molecular complexity index is 588. The minimum absolute atomic E-state index is 0.138. The summed E-state index contributed by atoms with van der Waals surface area (Å²) >= 11 is 0. The summed E-state index contributed by atoms with van der Waals surface area (Å²) in [5, 5.41) is 2.79. The van der Waals surface area contributed by atoms with Gasteiger partial charge in [-0.05, 0) is 37.1 Å². The highest BCUT2D eigenvalue weighted by Gasteiger charge is 2.17.